The van der Waals surface area contributed by atoms with Crippen molar-refractivity contribution >= 4 is 27.7 Å². The van der Waals surface area contributed by atoms with Gasteiger partial charge in [-0.25, -0.2) is 0 Å². The Morgan fingerprint density at radius 2 is 1.75 bits per heavy atom. The van der Waals surface area contributed by atoms with Crippen LogP contribution < -0.4 is 4.74 Å². The molecule has 0 radical (unpaired) electrons. The maximum atomic E-state index is 12.5. The molecule has 0 spiro atoms. The van der Waals surface area contributed by atoms with Gasteiger partial charge in [-0.15, -0.1) is 0 Å². The van der Waals surface area contributed by atoms with Crippen LogP contribution >= 0.6 is 15.9 Å². The topological polar surface area (TPSA) is 63.0 Å². The van der Waals surface area contributed by atoms with Crippen LogP contribution in [-0.2, 0) is 11.2 Å². The summed E-state index contributed by atoms with van der Waals surface area (Å²) in [6, 6.07) is 11.2. The molecule has 6 nitrogen and oxygen atoms in total. The van der Waals surface area contributed by atoms with E-state index in [9.17, 15) is 9.59 Å². The van der Waals surface area contributed by atoms with Crippen molar-refractivity contribution in [2.75, 3.05) is 32.8 Å². The van der Waals surface area contributed by atoms with E-state index in [2.05, 4.69) is 22.9 Å². The molecule has 1 aromatic heterocycles. The van der Waals surface area contributed by atoms with Crippen molar-refractivity contribution < 1.29 is 18.7 Å². The lowest BCUT2D eigenvalue weighted by atomic mass is 10.1. The molecule has 7 heteroatoms. The predicted molar refractivity (Wildman–Crippen MR) is 109 cm³/mol. The highest BCUT2D eigenvalue weighted by Crippen LogP contribution is 2.17. The largest absolute Gasteiger partial charge is 0.484 e. The molecule has 0 aliphatic carbocycles. The van der Waals surface area contributed by atoms with E-state index in [0.717, 1.165) is 19.3 Å². The first-order valence-corrected chi connectivity index (χ1v) is 10.4. The van der Waals surface area contributed by atoms with Crippen LogP contribution in [0.1, 0.15) is 35.9 Å². The summed E-state index contributed by atoms with van der Waals surface area (Å²) in [5, 5.41) is 0. The van der Waals surface area contributed by atoms with Crippen LogP contribution in [-0.4, -0.2) is 54.4 Å². The third-order valence-corrected chi connectivity index (χ3v) is 5.17. The van der Waals surface area contributed by atoms with Crippen LogP contribution in [0, 0.1) is 0 Å². The van der Waals surface area contributed by atoms with Gasteiger partial charge in [0.15, 0.2) is 17.0 Å². The van der Waals surface area contributed by atoms with Gasteiger partial charge in [0.2, 0.25) is 0 Å². The Labute approximate surface area is 173 Å². The molecule has 3 rings (SSSR count). The number of carbonyl (C=O) groups is 2. The summed E-state index contributed by atoms with van der Waals surface area (Å²) in [7, 11) is 0. The van der Waals surface area contributed by atoms with Crippen LogP contribution in [0.4, 0.5) is 0 Å². The van der Waals surface area contributed by atoms with Crippen LogP contribution in [0.15, 0.2) is 45.5 Å². The van der Waals surface area contributed by atoms with Crippen LogP contribution in [0.25, 0.3) is 0 Å². The molecular weight excluding hydrogens is 424 g/mol. The highest BCUT2D eigenvalue weighted by Gasteiger charge is 2.24. The number of hydrogen-bond acceptors (Lipinski definition) is 4. The number of benzene rings is 1. The maximum Gasteiger partial charge on any atom is 0.289 e. The lowest BCUT2D eigenvalue weighted by Gasteiger charge is -2.21. The summed E-state index contributed by atoms with van der Waals surface area (Å²) in [4.78, 5) is 28.5. The van der Waals surface area contributed by atoms with Gasteiger partial charge in [-0.3, -0.25) is 9.59 Å². The smallest absolute Gasteiger partial charge is 0.289 e. The van der Waals surface area contributed by atoms with Gasteiger partial charge in [-0.05, 0) is 58.6 Å². The second-order valence-electron chi connectivity index (χ2n) is 6.81. The number of aryl methyl sites for hydroxylation is 1. The number of amides is 2. The third-order valence-electron chi connectivity index (χ3n) is 4.74. The first-order chi connectivity index (χ1) is 13.6. The van der Waals surface area contributed by atoms with Gasteiger partial charge in [-0.2, -0.15) is 0 Å². The molecule has 2 aromatic rings. The van der Waals surface area contributed by atoms with Crippen molar-refractivity contribution in [1.82, 2.24) is 9.80 Å². The van der Waals surface area contributed by atoms with Gasteiger partial charge < -0.3 is 19.0 Å². The van der Waals surface area contributed by atoms with Crippen molar-refractivity contribution in [1.29, 1.82) is 0 Å². The zero-order chi connectivity index (χ0) is 19.9. The molecule has 0 bridgehead atoms. The molecular formula is C21H25BrN2O4. The average molecular weight is 449 g/mol. The molecule has 1 aliphatic rings. The Kier molecular flexibility index (Phi) is 7.14. The van der Waals surface area contributed by atoms with Crippen LogP contribution in [0.3, 0.4) is 0 Å². The summed E-state index contributed by atoms with van der Waals surface area (Å²) in [6.45, 7) is 4.34. The SMILES string of the molecule is CCCc1ccc(OCC(=O)N2CCCN(C(=O)c3ccc(Br)o3)CC2)cc1. The molecule has 0 unspecified atom stereocenters. The minimum absolute atomic E-state index is 0.00615. The summed E-state index contributed by atoms with van der Waals surface area (Å²) in [5.41, 5.74) is 1.27. The highest BCUT2D eigenvalue weighted by atomic mass is 79.9. The number of nitrogens with zero attached hydrogens (tertiary/aromatic N) is 2. The van der Waals surface area contributed by atoms with Gasteiger partial charge in [0.1, 0.15) is 5.75 Å². The van der Waals surface area contributed by atoms with Crippen molar-refractivity contribution in [2.24, 2.45) is 0 Å². The number of carbonyl (C=O) groups excluding carboxylic acids is 2. The Balaban J connectivity index is 1.49. The second kappa shape index (κ2) is 9.78. The van der Waals surface area contributed by atoms with Crippen molar-refractivity contribution in [2.45, 2.75) is 26.2 Å². The zero-order valence-corrected chi connectivity index (χ0v) is 17.6. The summed E-state index contributed by atoms with van der Waals surface area (Å²) in [6.07, 6.45) is 2.87. The van der Waals surface area contributed by atoms with Crippen molar-refractivity contribution in [3.8, 4) is 5.75 Å². The summed E-state index contributed by atoms with van der Waals surface area (Å²) < 4.78 is 11.5. The van der Waals surface area contributed by atoms with Gasteiger partial charge in [0.25, 0.3) is 11.8 Å². The van der Waals surface area contributed by atoms with E-state index in [1.165, 1.54) is 5.56 Å². The minimum Gasteiger partial charge on any atom is -0.484 e. The predicted octanol–water partition coefficient (Wildman–Crippen LogP) is 3.75. The van der Waals surface area contributed by atoms with Crippen molar-refractivity contribution in [3.05, 3.63) is 52.4 Å². The molecule has 2 heterocycles. The first kappa shape index (κ1) is 20.5. The number of halogens is 1. The molecule has 28 heavy (non-hydrogen) atoms. The Morgan fingerprint density at radius 1 is 1.04 bits per heavy atom. The van der Waals surface area contributed by atoms with E-state index in [-0.39, 0.29) is 18.4 Å². The summed E-state index contributed by atoms with van der Waals surface area (Å²) in [5.74, 6) is 0.792. The van der Waals surface area contributed by atoms with E-state index in [4.69, 9.17) is 9.15 Å². The molecule has 2 amide bonds. The van der Waals surface area contributed by atoms with E-state index in [1.807, 2.05) is 24.3 Å². The fraction of sp³-hybridized carbons (Fsp3) is 0.429. The number of furan rings is 1. The van der Waals surface area contributed by atoms with Crippen molar-refractivity contribution in [3.63, 3.8) is 0 Å². The number of rotatable bonds is 6. The van der Waals surface area contributed by atoms with E-state index in [1.54, 1.807) is 21.9 Å². The fourth-order valence-corrected chi connectivity index (χ4v) is 3.54. The van der Waals surface area contributed by atoms with Crippen LogP contribution in [0.5, 0.6) is 5.75 Å². The van der Waals surface area contributed by atoms with Crippen LogP contribution in [0.2, 0.25) is 0 Å². The number of hydrogen-bond donors (Lipinski definition) is 0. The van der Waals surface area contributed by atoms with Gasteiger partial charge in [0, 0.05) is 26.2 Å². The van der Waals surface area contributed by atoms with E-state index < -0.39 is 0 Å². The molecule has 1 aromatic carbocycles. The minimum atomic E-state index is -0.150. The second-order valence-corrected chi connectivity index (χ2v) is 7.59. The molecule has 1 fully saturated rings. The van der Waals surface area contributed by atoms with Gasteiger partial charge in [0.05, 0.1) is 0 Å². The zero-order valence-electron chi connectivity index (χ0n) is 16.0. The molecule has 0 saturated carbocycles. The van der Waals surface area contributed by atoms with Gasteiger partial charge in [-0.1, -0.05) is 25.5 Å². The summed E-state index contributed by atoms with van der Waals surface area (Å²) >= 11 is 3.21. The Hall–Kier alpha value is -2.28. The molecule has 0 N–H and O–H groups in total. The molecule has 150 valence electrons. The monoisotopic (exact) mass is 448 g/mol. The van der Waals surface area contributed by atoms with Gasteiger partial charge >= 0.3 is 0 Å². The Bertz CT molecular complexity index is 803. The fourth-order valence-electron chi connectivity index (χ4n) is 3.23. The molecule has 1 saturated heterocycles. The lowest BCUT2D eigenvalue weighted by Crippen LogP contribution is -2.39. The molecule has 1 aliphatic heterocycles. The highest BCUT2D eigenvalue weighted by molar-refractivity contribution is 9.10. The number of ether oxygens (including phenoxy) is 1. The standard InChI is InChI=1S/C21H25BrN2O4/c1-2-4-16-5-7-17(8-6-16)27-15-20(25)23-11-3-12-24(14-13-23)21(26)18-9-10-19(22)28-18/h5-10H,2-4,11-15H2,1H3. The van der Waals surface area contributed by atoms with E-state index >= 15 is 0 Å². The van der Waals surface area contributed by atoms with E-state index in [0.29, 0.717) is 42.4 Å². The Morgan fingerprint density at radius 3 is 2.43 bits per heavy atom. The average Bonchev–Trinajstić information content (AvgIpc) is 2.99. The maximum absolute atomic E-state index is 12.5. The molecule has 0 atom stereocenters. The normalized spacial score (nSPS) is 14.6. The quantitative estimate of drug-likeness (QED) is 0.674. The first-order valence-electron chi connectivity index (χ1n) is 9.61. The lowest BCUT2D eigenvalue weighted by molar-refractivity contribution is -0.133. The third kappa shape index (κ3) is 5.38.